The highest BCUT2D eigenvalue weighted by Gasteiger charge is 2.25. The Bertz CT molecular complexity index is 490. The van der Waals surface area contributed by atoms with E-state index < -0.39 is 12.2 Å². The molecule has 3 N–H and O–H groups in total. The summed E-state index contributed by atoms with van der Waals surface area (Å²) in [6.07, 6.45) is 3.05. The Hall–Kier alpha value is -1.43. The van der Waals surface area contributed by atoms with Crippen LogP contribution >= 0.6 is 0 Å². The number of benzene rings is 1. The normalized spacial score (nSPS) is 22.0. The van der Waals surface area contributed by atoms with Gasteiger partial charge in [-0.15, -0.1) is 0 Å². The van der Waals surface area contributed by atoms with Crippen LogP contribution in [0.25, 0.3) is 0 Å². The molecule has 1 aromatic carbocycles. The molecule has 1 aliphatic heterocycles. The summed E-state index contributed by atoms with van der Waals surface area (Å²) in [6, 6.07) is 8.02. The number of aliphatic hydroxyl groups is 2. The fourth-order valence-electron chi connectivity index (χ4n) is 2.81. The molecule has 0 bridgehead atoms. The number of amides is 1. The van der Waals surface area contributed by atoms with Crippen LogP contribution in [0.3, 0.4) is 0 Å². The quantitative estimate of drug-likeness (QED) is 0.716. The number of unbranched alkanes of at least 4 members (excludes halogenated alkanes) is 1. The number of carbonyl (C=O) groups is 1. The molecule has 0 unspecified atom stereocenters. The van der Waals surface area contributed by atoms with Gasteiger partial charge in [0.15, 0.2) is 0 Å². The number of aliphatic hydroxyl groups excluding tert-OH is 2. The maximum Gasteiger partial charge on any atom is 0.225 e. The largest absolute Gasteiger partial charge is 0.390 e. The predicted molar refractivity (Wildman–Crippen MR) is 91.4 cm³/mol. The number of β-amino-alcohol motifs (C(OH)–C–C–N with tert-alkyl or cyclic N) is 1. The number of piperidine rings is 1. The van der Waals surface area contributed by atoms with E-state index in [1.165, 1.54) is 18.4 Å². The van der Waals surface area contributed by atoms with Crippen molar-refractivity contribution in [1.29, 1.82) is 0 Å². The predicted octanol–water partition coefficient (Wildman–Crippen LogP) is 1.79. The summed E-state index contributed by atoms with van der Waals surface area (Å²) < 4.78 is 0. The zero-order chi connectivity index (χ0) is 16.7. The van der Waals surface area contributed by atoms with E-state index in [0.29, 0.717) is 25.9 Å². The fraction of sp³-hybridized carbons (Fsp3) is 0.611. The van der Waals surface area contributed by atoms with Crippen molar-refractivity contribution in [3.8, 4) is 0 Å². The maximum atomic E-state index is 12.0. The summed E-state index contributed by atoms with van der Waals surface area (Å²) in [6.45, 7) is 3.93. The first-order chi connectivity index (χ1) is 11.1. The molecule has 5 heteroatoms. The van der Waals surface area contributed by atoms with Gasteiger partial charge in [-0.3, -0.25) is 4.79 Å². The van der Waals surface area contributed by atoms with Crippen molar-refractivity contribution in [2.75, 3.05) is 25.0 Å². The molecular formula is C18H28N2O3. The highest BCUT2D eigenvalue weighted by molar-refractivity contribution is 5.90. The molecule has 1 aliphatic rings. The molecule has 2 atom stereocenters. The summed E-state index contributed by atoms with van der Waals surface area (Å²) in [4.78, 5) is 14.0. The van der Waals surface area contributed by atoms with Gasteiger partial charge in [-0.1, -0.05) is 25.5 Å². The number of aryl methyl sites for hydroxylation is 1. The minimum Gasteiger partial charge on any atom is -0.390 e. The van der Waals surface area contributed by atoms with E-state index in [4.69, 9.17) is 0 Å². The van der Waals surface area contributed by atoms with E-state index in [2.05, 4.69) is 24.4 Å². The van der Waals surface area contributed by atoms with Crippen molar-refractivity contribution in [2.45, 2.75) is 51.2 Å². The van der Waals surface area contributed by atoms with E-state index in [1.54, 1.807) is 0 Å². The molecule has 0 aromatic heterocycles. The van der Waals surface area contributed by atoms with E-state index in [0.717, 1.165) is 18.7 Å². The number of rotatable bonds is 7. The van der Waals surface area contributed by atoms with E-state index >= 15 is 0 Å². The van der Waals surface area contributed by atoms with Gasteiger partial charge in [0.25, 0.3) is 0 Å². The van der Waals surface area contributed by atoms with Crippen LogP contribution in [0.2, 0.25) is 0 Å². The van der Waals surface area contributed by atoms with Crippen molar-refractivity contribution in [1.82, 2.24) is 4.90 Å². The minimum absolute atomic E-state index is 0.0214. The van der Waals surface area contributed by atoms with Crippen molar-refractivity contribution in [3.63, 3.8) is 0 Å². The van der Waals surface area contributed by atoms with Crippen LogP contribution in [0.1, 0.15) is 38.2 Å². The van der Waals surface area contributed by atoms with Gasteiger partial charge in [0.05, 0.1) is 12.2 Å². The van der Waals surface area contributed by atoms with Crippen molar-refractivity contribution >= 4 is 11.6 Å². The lowest BCUT2D eigenvalue weighted by Gasteiger charge is -2.33. The molecule has 0 radical (unpaired) electrons. The molecular weight excluding hydrogens is 292 g/mol. The molecule has 1 amide bonds. The number of likely N-dealkylation sites (tertiary alicyclic amines) is 1. The van der Waals surface area contributed by atoms with Gasteiger partial charge >= 0.3 is 0 Å². The van der Waals surface area contributed by atoms with Gasteiger partial charge in [0, 0.05) is 31.7 Å². The van der Waals surface area contributed by atoms with Crippen LogP contribution in [0.4, 0.5) is 5.69 Å². The second kappa shape index (κ2) is 9.01. The lowest BCUT2D eigenvalue weighted by atomic mass is 10.1. The molecule has 5 nitrogen and oxygen atoms in total. The Balaban J connectivity index is 1.72. The number of nitrogens with zero attached hydrogens (tertiary/aromatic N) is 1. The summed E-state index contributed by atoms with van der Waals surface area (Å²) >= 11 is 0. The van der Waals surface area contributed by atoms with Gasteiger partial charge in [0.1, 0.15) is 0 Å². The number of carbonyl (C=O) groups excluding carboxylic acids is 1. The number of hydrogen-bond donors (Lipinski definition) is 3. The Kier molecular flexibility index (Phi) is 7.02. The Morgan fingerprint density at radius 2 is 2.00 bits per heavy atom. The van der Waals surface area contributed by atoms with Gasteiger partial charge in [-0.05, 0) is 37.0 Å². The zero-order valence-electron chi connectivity index (χ0n) is 13.9. The van der Waals surface area contributed by atoms with Gasteiger partial charge in [-0.25, -0.2) is 0 Å². The first-order valence-corrected chi connectivity index (χ1v) is 8.55. The molecule has 0 aliphatic carbocycles. The SMILES string of the molecule is CCCCc1ccc(NC(=O)CCN2CC[C@@H](O)[C@H](O)C2)cc1. The number of nitrogens with one attached hydrogen (secondary N) is 1. The maximum absolute atomic E-state index is 12.0. The first-order valence-electron chi connectivity index (χ1n) is 8.55. The molecule has 1 saturated heterocycles. The van der Waals surface area contributed by atoms with Crippen molar-refractivity contribution in [3.05, 3.63) is 29.8 Å². The Labute approximate surface area is 138 Å². The average Bonchev–Trinajstić information content (AvgIpc) is 2.55. The topological polar surface area (TPSA) is 72.8 Å². The summed E-state index contributed by atoms with van der Waals surface area (Å²) in [5.74, 6) is -0.0214. The monoisotopic (exact) mass is 320 g/mol. The van der Waals surface area contributed by atoms with Gasteiger partial charge in [-0.2, -0.15) is 0 Å². The molecule has 0 spiro atoms. The van der Waals surface area contributed by atoms with Crippen molar-refractivity contribution < 1.29 is 15.0 Å². The molecule has 128 valence electrons. The van der Waals surface area contributed by atoms with Crippen LogP contribution < -0.4 is 5.32 Å². The third-order valence-electron chi connectivity index (χ3n) is 4.34. The van der Waals surface area contributed by atoms with E-state index in [9.17, 15) is 15.0 Å². The van der Waals surface area contributed by atoms with E-state index in [-0.39, 0.29) is 5.91 Å². The van der Waals surface area contributed by atoms with Crippen LogP contribution in [0, 0.1) is 0 Å². The second-order valence-corrected chi connectivity index (χ2v) is 6.32. The van der Waals surface area contributed by atoms with Gasteiger partial charge < -0.3 is 20.4 Å². The first kappa shape index (κ1) is 17.9. The van der Waals surface area contributed by atoms with Crippen LogP contribution in [0.5, 0.6) is 0 Å². The number of hydrogen-bond acceptors (Lipinski definition) is 4. The standard InChI is InChI=1S/C18H28N2O3/c1-2-3-4-14-5-7-15(8-6-14)19-18(23)10-12-20-11-9-16(21)17(22)13-20/h5-8,16-17,21-22H,2-4,9-13H2,1H3,(H,19,23)/t16-,17-/m1/s1. The lowest BCUT2D eigenvalue weighted by molar-refractivity contribution is -0.117. The summed E-state index contributed by atoms with van der Waals surface area (Å²) in [7, 11) is 0. The molecule has 0 saturated carbocycles. The number of anilines is 1. The Morgan fingerprint density at radius 1 is 1.26 bits per heavy atom. The Morgan fingerprint density at radius 3 is 2.65 bits per heavy atom. The second-order valence-electron chi connectivity index (χ2n) is 6.32. The third kappa shape index (κ3) is 5.94. The third-order valence-corrected chi connectivity index (χ3v) is 4.34. The fourth-order valence-corrected chi connectivity index (χ4v) is 2.81. The van der Waals surface area contributed by atoms with Crippen LogP contribution in [-0.2, 0) is 11.2 Å². The minimum atomic E-state index is -0.706. The average molecular weight is 320 g/mol. The van der Waals surface area contributed by atoms with Crippen LogP contribution in [-0.4, -0.2) is 52.9 Å². The van der Waals surface area contributed by atoms with Gasteiger partial charge in [0.2, 0.25) is 5.91 Å². The smallest absolute Gasteiger partial charge is 0.225 e. The lowest BCUT2D eigenvalue weighted by Crippen LogP contribution is -2.47. The molecule has 1 heterocycles. The molecule has 2 rings (SSSR count). The summed E-state index contributed by atoms with van der Waals surface area (Å²) in [5.41, 5.74) is 2.12. The summed E-state index contributed by atoms with van der Waals surface area (Å²) in [5, 5.41) is 22.0. The molecule has 1 fully saturated rings. The van der Waals surface area contributed by atoms with Crippen LogP contribution in [0.15, 0.2) is 24.3 Å². The molecule has 23 heavy (non-hydrogen) atoms. The van der Waals surface area contributed by atoms with E-state index in [1.807, 2.05) is 17.0 Å². The highest BCUT2D eigenvalue weighted by atomic mass is 16.3. The highest BCUT2D eigenvalue weighted by Crippen LogP contribution is 2.13. The van der Waals surface area contributed by atoms with Crippen molar-refractivity contribution in [2.24, 2.45) is 0 Å². The molecule has 1 aromatic rings. The zero-order valence-corrected chi connectivity index (χ0v) is 13.9.